The second kappa shape index (κ2) is 4.56. The monoisotopic (exact) mass is 222 g/mol. The highest BCUT2D eigenvalue weighted by Crippen LogP contribution is 2.38. The second-order valence-electron chi connectivity index (χ2n) is 5.11. The van der Waals surface area contributed by atoms with E-state index in [2.05, 4.69) is 0 Å². The maximum Gasteiger partial charge on any atom is 0.303 e. The van der Waals surface area contributed by atoms with Crippen molar-refractivity contribution in [2.45, 2.75) is 33.1 Å². The van der Waals surface area contributed by atoms with Gasteiger partial charge in [0.15, 0.2) is 0 Å². The van der Waals surface area contributed by atoms with Crippen molar-refractivity contribution in [3.8, 4) is 5.75 Å². The minimum Gasteiger partial charge on any atom is -0.508 e. The summed E-state index contributed by atoms with van der Waals surface area (Å²) in [5.74, 6) is -0.738. The van der Waals surface area contributed by atoms with Gasteiger partial charge in [-0.25, -0.2) is 0 Å². The summed E-state index contributed by atoms with van der Waals surface area (Å²) in [7, 11) is 0. The molecule has 0 radical (unpaired) electrons. The summed E-state index contributed by atoms with van der Waals surface area (Å²) in [5, 5.41) is 18.3. The van der Waals surface area contributed by atoms with E-state index in [1.165, 1.54) is 0 Å². The molecule has 0 aromatic heterocycles. The van der Waals surface area contributed by atoms with Crippen molar-refractivity contribution in [3.05, 3.63) is 29.8 Å². The quantitative estimate of drug-likeness (QED) is 0.826. The molecule has 1 unspecified atom stereocenters. The lowest BCUT2D eigenvalue weighted by Gasteiger charge is -2.30. The van der Waals surface area contributed by atoms with Gasteiger partial charge in [0.05, 0.1) is 6.42 Å². The van der Waals surface area contributed by atoms with Gasteiger partial charge < -0.3 is 10.2 Å². The molecular weight excluding hydrogens is 204 g/mol. The van der Waals surface area contributed by atoms with Gasteiger partial charge in [0.2, 0.25) is 0 Å². The largest absolute Gasteiger partial charge is 0.508 e. The molecule has 88 valence electrons. The van der Waals surface area contributed by atoms with Crippen LogP contribution in [0.3, 0.4) is 0 Å². The highest BCUT2D eigenvalue weighted by Gasteiger charge is 2.28. The summed E-state index contributed by atoms with van der Waals surface area (Å²) < 4.78 is 0. The molecule has 0 fully saturated rings. The maximum absolute atomic E-state index is 10.9. The first-order valence-electron chi connectivity index (χ1n) is 5.31. The van der Waals surface area contributed by atoms with Crippen LogP contribution in [0, 0.1) is 5.41 Å². The van der Waals surface area contributed by atoms with Crippen molar-refractivity contribution in [2.24, 2.45) is 5.41 Å². The normalized spacial score (nSPS) is 13.4. The number of aromatic hydroxyl groups is 1. The van der Waals surface area contributed by atoms with Gasteiger partial charge in [0, 0.05) is 0 Å². The smallest absolute Gasteiger partial charge is 0.303 e. The highest BCUT2D eigenvalue weighted by molar-refractivity contribution is 5.68. The number of phenols is 1. The lowest BCUT2D eigenvalue weighted by Crippen LogP contribution is -2.21. The molecule has 0 aliphatic heterocycles. The lowest BCUT2D eigenvalue weighted by atomic mass is 9.74. The van der Waals surface area contributed by atoms with Crippen LogP contribution in [0.25, 0.3) is 0 Å². The van der Waals surface area contributed by atoms with Crippen molar-refractivity contribution in [1.29, 1.82) is 0 Å². The zero-order valence-electron chi connectivity index (χ0n) is 9.90. The number of carboxylic acids is 1. The van der Waals surface area contributed by atoms with Gasteiger partial charge in [-0.05, 0) is 29.0 Å². The molecule has 2 N–H and O–H groups in total. The first kappa shape index (κ1) is 12.6. The Morgan fingerprint density at radius 2 is 2.00 bits per heavy atom. The van der Waals surface area contributed by atoms with E-state index in [9.17, 15) is 9.90 Å². The molecule has 16 heavy (non-hydrogen) atoms. The zero-order valence-corrected chi connectivity index (χ0v) is 9.90. The molecule has 0 aliphatic rings. The van der Waals surface area contributed by atoms with Gasteiger partial charge in [0.1, 0.15) is 5.75 Å². The number of phenolic OH excluding ortho intramolecular Hbond substituents is 1. The Kier molecular flexibility index (Phi) is 3.58. The predicted molar refractivity (Wildman–Crippen MR) is 62.6 cm³/mol. The molecule has 3 heteroatoms. The van der Waals surface area contributed by atoms with Crippen molar-refractivity contribution in [2.75, 3.05) is 0 Å². The molecule has 1 aromatic carbocycles. The molecule has 0 bridgehead atoms. The van der Waals surface area contributed by atoms with Gasteiger partial charge in [-0.1, -0.05) is 32.9 Å². The third-order valence-electron chi connectivity index (χ3n) is 2.70. The van der Waals surface area contributed by atoms with Crippen molar-refractivity contribution < 1.29 is 15.0 Å². The van der Waals surface area contributed by atoms with E-state index in [4.69, 9.17) is 5.11 Å². The molecule has 1 rings (SSSR count). The van der Waals surface area contributed by atoms with E-state index in [0.29, 0.717) is 0 Å². The Morgan fingerprint density at radius 1 is 1.38 bits per heavy atom. The molecule has 0 amide bonds. The number of carboxylic acid groups (broad SMARTS) is 1. The van der Waals surface area contributed by atoms with E-state index in [0.717, 1.165) is 5.56 Å². The Bertz CT molecular complexity index is 377. The lowest BCUT2D eigenvalue weighted by molar-refractivity contribution is -0.138. The fourth-order valence-corrected chi connectivity index (χ4v) is 1.84. The van der Waals surface area contributed by atoms with E-state index < -0.39 is 5.97 Å². The van der Waals surface area contributed by atoms with E-state index in [-0.39, 0.29) is 23.5 Å². The van der Waals surface area contributed by atoms with Crippen LogP contribution in [0.2, 0.25) is 0 Å². The summed E-state index contributed by atoms with van der Waals surface area (Å²) in [6, 6.07) is 6.83. The minimum absolute atomic E-state index is 0.0763. The summed E-state index contributed by atoms with van der Waals surface area (Å²) in [4.78, 5) is 10.9. The van der Waals surface area contributed by atoms with Crippen molar-refractivity contribution in [3.63, 3.8) is 0 Å². The summed E-state index contributed by atoms with van der Waals surface area (Å²) >= 11 is 0. The Hall–Kier alpha value is -1.51. The SMILES string of the molecule is CC(C)(C)C(CC(=O)O)c1cccc(O)c1. The van der Waals surface area contributed by atoms with E-state index >= 15 is 0 Å². The van der Waals surface area contributed by atoms with Crippen LogP contribution in [-0.2, 0) is 4.79 Å². The third kappa shape index (κ3) is 3.26. The number of aliphatic carboxylic acids is 1. The standard InChI is InChI=1S/C13H18O3/c1-13(2,3)11(8-12(15)16)9-5-4-6-10(14)7-9/h4-7,11,14H,8H2,1-3H3,(H,15,16). The van der Waals surface area contributed by atoms with Crippen LogP contribution in [0.5, 0.6) is 5.75 Å². The van der Waals surface area contributed by atoms with Crippen LogP contribution >= 0.6 is 0 Å². The fourth-order valence-electron chi connectivity index (χ4n) is 1.84. The van der Waals surface area contributed by atoms with E-state index in [1.807, 2.05) is 26.8 Å². The zero-order chi connectivity index (χ0) is 12.3. The summed E-state index contributed by atoms with van der Waals surface area (Å²) in [5.41, 5.74) is 0.724. The van der Waals surface area contributed by atoms with Gasteiger partial charge in [-0.2, -0.15) is 0 Å². The van der Waals surface area contributed by atoms with Crippen LogP contribution in [0.4, 0.5) is 0 Å². The van der Waals surface area contributed by atoms with Crippen LogP contribution in [0.15, 0.2) is 24.3 Å². The minimum atomic E-state index is -0.816. The Labute approximate surface area is 95.7 Å². The molecule has 0 spiro atoms. The molecule has 1 aromatic rings. The summed E-state index contributed by atoms with van der Waals surface area (Å²) in [6.07, 6.45) is 0.0763. The fraction of sp³-hybridized carbons (Fsp3) is 0.462. The van der Waals surface area contributed by atoms with Crippen LogP contribution in [-0.4, -0.2) is 16.2 Å². The van der Waals surface area contributed by atoms with Gasteiger partial charge in [0.25, 0.3) is 0 Å². The third-order valence-corrected chi connectivity index (χ3v) is 2.70. The van der Waals surface area contributed by atoms with Crippen LogP contribution in [0.1, 0.15) is 38.7 Å². The number of benzene rings is 1. The molecule has 3 nitrogen and oxygen atoms in total. The average molecular weight is 222 g/mol. The Balaban J connectivity index is 3.06. The average Bonchev–Trinajstić information content (AvgIpc) is 2.12. The number of hydrogen-bond donors (Lipinski definition) is 2. The number of hydrogen-bond acceptors (Lipinski definition) is 2. The van der Waals surface area contributed by atoms with E-state index in [1.54, 1.807) is 18.2 Å². The van der Waals surface area contributed by atoms with Gasteiger partial charge in [-0.15, -0.1) is 0 Å². The molecule has 0 heterocycles. The molecule has 0 saturated carbocycles. The molecule has 0 saturated heterocycles. The summed E-state index contributed by atoms with van der Waals surface area (Å²) in [6.45, 7) is 6.01. The van der Waals surface area contributed by atoms with Crippen molar-refractivity contribution in [1.82, 2.24) is 0 Å². The molecule has 0 aliphatic carbocycles. The predicted octanol–water partition coefficient (Wildman–Crippen LogP) is 3.00. The Morgan fingerprint density at radius 3 is 2.44 bits per heavy atom. The topological polar surface area (TPSA) is 57.5 Å². The van der Waals surface area contributed by atoms with Crippen LogP contribution < -0.4 is 0 Å². The van der Waals surface area contributed by atoms with Gasteiger partial charge >= 0.3 is 5.97 Å². The highest BCUT2D eigenvalue weighted by atomic mass is 16.4. The van der Waals surface area contributed by atoms with Gasteiger partial charge in [-0.3, -0.25) is 4.79 Å². The number of rotatable bonds is 3. The molecular formula is C13H18O3. The number of carbonyl (C=O) groups is 1. The first-order chi connectivity index (χ1) is 7.30. The molecule has 1 atom stereocenters. The maximum atomic E-state index is 10.9. The second-order valence-corrected chi connectivity index (χ2v) is 5.11. The first-order valence-corrected chi connectivity index (χ1v) is 5.31. The van der Waals surface area contributed by atoms with Crippen molar-refractivity contribution >= 4 is 5.97 Å².